The molecule has 0 amide bonds. The van der Waals surface area contributed by atoms with E-state index in [2.05, 4.69) is 5.32 Å². The lowest BCUT2D eigenvalue weighted by atomic mass is 10.2. The van der Waals surface area contributed by atoms with Crippen LogP contribution in [0.3, 0.4) is 0 Å². The Morgan fingerprint density at radius 1 is 1.38 bits per heavy atom. The summed E-state index contributed by atoms with van der Waals surface area (Å²) in [6, 6.07) is 4.73. The molecule has 0 bridgehead atoms. The molecule has 1 rings (SSSR count). The average Bonchev–Trinajstić information content (AvgIpc) is 2.14. The minimum absolute atomic E-state index is 0.0405. The van der Waals surface area contributed by atoms with Crippen molar-refractivity contribution in [2.75, 3.05) is 17.6 Å². The van der Waals surface area contributed by atoms with E-state index in [0.717, 1.165) is 6.54 Å². The smallest absolute Gasteiger partial charge is 0.240 e. The molecule has 0 fully saturated rings. The summed E-state index contributed by atoms with van der Waals surface area (Å²) in [5.74, 6) is 0.442. The van der Waals surface area contributed by atoms with E-state index in [1.165, 1.54) is 6.07 Å². The van der Waals surface area contributed by atoms with E-state index in [4.69, 9.17) is 10.9 Å². The SMILES string of the molecule is CC(C)CNc1cccc(S(N)(=O)=O)c1N. The monoisotopic (exact) mass is 243 g/mol. The van der Waals surface area contributed by atoms with Gasteiger partial charge in [0.1, 0.15) is 4.90 Å². The third kappa shape index (κ3) is 3.11. The van der Waals surface area contributed by atoms with Crippen LogP contribution in [-0.2, 0) is 10.0 Å². The molecule has 0 aliphatic heterocycles. The first-order valence-corrected chi connectivity index (χ1v) is 6.52. The molecule has 5 nitrogen and oxygen atoms in total. The summed E-state index contributed by atoms with van der Waals surface area (Å²) in [6.45, 7) is 4.82. The zero-order valence-electron chi connectivity index (χ0n) is 9.40. The van der Waals surface area contributed by atoms with Crippen molar-refractivity contribution < 1.29 is 8.42 Å². The number of hydrogen-bond acceptors (Lipinski definition) is 4. The number of primary sulfonamides is 1. The first-order chi connectivity index (χ1) is 7.32. The van der Waals surface area contributed by atoms with E-state index >= 15 is 0 Å². The van der Waals surface area contributed by atoms with Crippen molar-refractivity contribution in [1.82, 2.24) is 0 Å². The third-order valence-corrected chi connectivity index (χ3v) is 3.04. The lowest BCUT2D eigenvalue weighted by Crippen LogP contribution is -2.16. The fourth-order valence-corrected chi connectivity index (χ4v) is 1.95. The van der Waals surface area contributed by atoms with E-state index in [9.17, 15) is 8.42 Å². The highest BCUT2D eigenvalue weighted by atomic mass is 32.2. The van der Waals surface area contributed by atoms with Gasteiger partial charge in [-0.05, 0) is 18.1 Å². The molecule has 0 heterocycles. The van der Waals surface area contributed by atoms with Gasteiger partial charge in [-0.2, -0.15) is 0 Å². The fraction of sp³-hybridized carbons (Fsp3) is 0.400. The molecule has 0 radical (unpaired) electrons. The third-order valence-electron chi connectivity index (χ3n) is 2.07. The maximum absolute atomic E-state index is 11.2. The molecule has 1 aromatic rings. The number of benzene rings is 1. The highest BCUT2D eigenvalue weighted by molar-refractivity contribution is 7.89. The second-order valence-corrected chi connectivity index (χ2v) is 5.57. The molecule has 0 aromatic heterocycles. The van der Waals surface area contributed by atoms with Gasteiger partial charge in [-0.25, -0.2) is 13.6 Å². The van der Waals surface area contributed by atoms with Crippen LogP contribution in [0.5, 0.6) is 0 Å². The second-order valence-electron chi connectivity index (χ2n) is 4.04. The standard InChI is InChI=1S/C10H17N3O2S/c1-7(2)6-13-8-4-3-5-9(10(8)11)16(12,14)15/h3-5,7,13H,6,11H2,1-2H3,(H2,12,14,15). The van der Waals surface area contributed by atoms with Crippen LogP contribution in [0.2, 0.25) is 0 Å². The van der Waals surface area contributed by atoms with Crippen LogP contribution in [0.25, 0.3) is 0 Å². The predicted molar refractivity (Wildman–Crippen MR) is 65.6 cm³/mol. The van der Waals surface area contributed by atoms with Crippen molar-refractivity contribution in [3.8, 4) is 0 Å². The fourth-order valence-electron chi connectivity index (χ4n) is 1.26. The topological polar surface area (TPSA) is 98.2 Å². The Labute approximate surface area is 95.9 Å². The minimum Gasteiger partial charge on any atom is -0.396 e. The summed E-state index contributed by atoms with van der Waals surface area (Å²) in [5.41, 5.74) is 6.50. The van der Waals surface area contributed by atoms with Gasteiger partial charge in [0, 0.05) is 6.54 Å². The summed E-state index contributed by atoms with van der Waals surface area (Å²) in [7, 11) is -3.76. The highest BCUT2D eigenvalue weighted by Crippen LogP contribution is 2.25. The van der Waals surface area contributed by atoms with E-state index in [-0.39, 0.29) is 10.6 Å². The van der Waals surface area contributed by atoms with Crippen LogP contribution in [0.4, 0.5) is 11.4 Å². The molecule has 5 N–H and O–H groups in total. The van der Waals surface area contributed by atoms with Gasteiger partial charge in [-0.15, -0.1) is 0 Å². The van der Waals surface area contributed by atoms with E-state index in [1.54, 1.807) is 12.1 Å². The lowest BCUT2D eigenvalue weighted by molar-refractivity contribution is 0.598. The van der Waals surface area contributed by atoms with Crippen molar-refractivity contribution in [3.63, 3.8) is 0 Å². The van der Waals surface area contributed by atoms with Crippen LogP contribution in [-0.4, -0.2) is 15.0 Å². The van der Waals surface area contributed by atoms with Crippen LogP contribution >= 0.6 is 0 Å². The average molecular weight is 243 g/mol. The molecular weight excluding hydrogens is 226 g/mol. The summed E-state index contributed by atoms with van der Waals surface area (Å²) in [4.78, 5) is -0.0405. The number of nitrogens with one attached hydrogen (secondary N) is 1. The zero-order chi connectivity index (χ0) is 12.3. The molecule has 0 aliphatic carbocycles. The second kappa shape index (κ2) is 4.71. The molecular formula is C10H17N3O2S. The van der Waals surface area contributed by atoms with Gasteiger partial charge in [0.05, 0.1) is 11.4 Å². The lowest BCUT2D eigenvalue weighted by Gasteiger charge is -2.13. The molecule has 90 valence electrons. The minimum atomic E-state index is -3.76. The maximum atomic E-state index is 11.2. The summed E-state index contributed by atoms with van der Waals surface area (Å²) in [5, 5.41) is 8.13. The number of rotatable bonds is 4. The number of hydrogen-bond donors (Lipinski definition) is 3. The van der Waals surface area contributed by atoms with E-state index in [1.807, 2.05) is 13.8 Å². The maximum Gasteiger partial charge on any atom is 0.240 e. The number of nitrogens with two attached hydrogens (primary N) is 2. The van der Waals surface area contributed by atoms with Gasteiger partial charge in [0.2, 0.25) is 10.0 Å². The summed E-state index contributed by atoms with van der Waals surface area (Å²) >= 11 is 0. The van der Waals surface area contributed by atoms with Gasteiger partial charge >= 0.3 is 0 Å². The Balaban J connectivity index is 3.05. The van der Waals surface area contributed by atoms with Crippen molar-refractivity contribution >= 4 is 21.4 Å². The first kappa shape index (κ1) is 12.8. The molecule has 0 spiro atoms. The van der Waals surface area contributed by atoms with Gasteiger partial charge in [-0.1, -0.05) is 19.9 Å². The van der Waals surface area contributed by atoms with E-state index < -0.39 is 10.0 Å². The molecule has 0 saturated heterocycles. The van der Waals surface area contributed by atoms with Gasteiger partial charge < -0.3 is 11.1 Å². The molecule has 0 atom stereocenters. The van der Waals surface area contributed by atoms with Crippen molar-refractivity contribution in [2.24, 2.45) is 11.1 Å². The number of para-hydroxylation sites is 1. The van der Waals surface area contributed by atoms with Crippen LogP contribution in [0.15, 0.2) is 23.1 Å². The van der Waals surface area contributed by atoms with Crippen molar-refractivity contribution in [1.29, 1.82) is 0 Å². The number of anilines is 2. The summed E-state index contributed by atoms with van der Waals surface area (Å²) in [6.07, 6.45) is 0. The number of nitrogen functional groups attached to an aromatic ring is 1. The molecule has 0 unspecified atom stereocenters. The van der Waals surface area contributed by atoms with E-state index in [0.29, 0.717) is 11.6 Å². The first-order valence-electron chi connectivity index (χ1n) is 4.97. The van der Waals surface area contributed by atoms with Crippen LogP contribution < -0.4 is 16.2 Å². The van der Waals surface area contributed by atoms with Gasteiger partial charge in [0.25, 0.3) is 0 Å². The van der Waals surface area contributed by atoms with Crippen molar-refractivity contribution in [3.05, 3.63) is 18.2 Å². The van der Waals surface area contributed by atoms with Gasteiger partial charge in [-0.3, -0.25) is 0 Å². The Bertz CT molecular complexity index is 469. The molecule has 16 heavy (non-hydrogen) atoms. The molecule has 0 aliphatic rings. The summed E-state index contributed by atoms with van der Waals surface area (Å²) < 4.78 is 22.4. The molecule has 6 heteroatoms. The molecule has 0 saturated carbocycles. The van der Waals surface area contributed by atoms with Crippen molar-refractivity contribution in [2.45, 2.75) is 18.7 Å². The normalized spacial score (nSPS) is 11.8. The number of sulfonamides is 1. The molecule has 1 aromatic carbocycles. The quantitative estimate of drug-likeness (QED) is 0.687. The van der Waals surface area contributed by atoms with Crippen LogP contribution in [0.1, 0.15) is 13.8 Å². The Kier molecular flexibility index (Phi) is 3.77. The van der Waals surface area contributed by atoms with Gasteiger partial charge in [0.15, 0.2) is 0 Å². The Morgan fingerprint density at radius 3 is 2.50 bits per heavy atom. The Morgan fingerprint density at radius 2 is 2.00 bits per heavy atom. The highest BCUT2D eigenvalue weighted by Gasteiger charge is 2.14. The van der Waals surface area contributed by atoms with Crippen LogP contribution in [0, 0.1) is 5.92 Å². The predicted octanol–water partition coefficient (Wildman–Crippen LogP) is 0.984. The zero-order valence-corrected chi connectivity index (χ0v) is 10.2. The largest absolute Gasteiger partial charge is 0.396 e. The Hall–Kier alpha value is -1.27.